The molecule has 2 amide bonds. The monoisotopic (exact) mass is 304 g/mol. The Labute approximate surface area is 128 Å². The van der Waals surface area contributed by atoms with E-state index in [1.165, 1.54) is 16.9 Å². The van der Waals surface area contributed by atoms with Gasteiger partial charge in [-0.15, -0.1) is 11.3 Å². The van der Waals surface area contributed by atoms with Crippen molar-refractivity contribution in [3.63, 3.8) is 0 Å². The highest BCUT2D eigenvalue weighted by Crippen LogP contribution is 2.24. The van der Waals surface area contributed by atoms with E-state index < -0.39 is 5.60 Å². The first-order valence-corrected chi connectivity index (χ1v) is 7.79. The molecule has 1 aromatic carbocycles. The van der Waals surface area contributed by atoms with Gasteiger partial charge in [0.15, 0.2) is 0 Å². The number of carbonyl (C=O) groups is 1. The Morgan fingerprint density at radius 3 is 2.81 bits per heavy atom. The highest BCUT2D eigenvalue weighted by Gasteiger charge is 2.24. The summed E-state index contributed by atoms with van der Waals surface area (Å²) in [7, 11) is 0. The van der Waals surface area contributed by atoms with E-state index >= 15 is 0 Å². The molecule has 0 saturated heterocycles. The molecule has 0 bridgehead atoms. The van der Waals surface area contributed by atoms with Gasteiger partial charge in [0.1, 0.15) is 5.60 Å². The number of aliphatic hydroxyl groups is 1. The Balaban J connectivity index is 1.90. The number of thiophene rings is 1. The summed E-state index contributed by atoms with van der Waals surface area (Å²) in [5.74, 6) is 0. The molecule has 0 radical (unpaired) electrons. The lowest BCUT2D eigenvalue weighted by Gasteiger charge is -2.22. The number of anilines is 1. The smallest absolute Gasteiger partial charge is 0.319 e. The maximum absolute atomic E-state index is 11.9. The number of aryl methyl sites for hydroxylation is 1. The van der Waals surface area contributed by atoms with Crippen LogP contribution in [0.1, 0.15) is 24.3 Å². The van der Waals surface area contributed by atoms with E-state index in [0.717, 1.165) is 17.0 Å². The second-order valence-corrected chi connectivity index (χ2v) is 6.06. The molecule has 21 heavy (non-hydrogen) atoms. The van der Waals surface area contributed by atoms with E-state index in [1.54, 1.807) is 6.92 Å². The molecule has 112 valence electrons. The minimum Gasteiger partial charge on any atom is -0.383 e. The van der Waals surface area contributed by atoms with Crippen LogP contribution in [0.3, 0.4) is 0 Å². The average Bonchev–Trinajstić information content (AvgIpc) is 3.00. The molecule has 3 N–H and O–H groups in total. The van der Waals surface area contributed by atoms with Crippen molar-refractivity contribution in [3.8, 4) is 0 Å². The third-order valence-electron chi connectivity index (χ3n) is 3.24. The van der Waals surface area contributed by atoms with Crippen molar-refractivity contribution in [1.82, 2.24) is 5.32 Å². The molecule has 5 heteroatoms. The summed E-state index contributed by atoms with van der Waals surface area (Å²) in [5, 5.41) is 17.7. The molecule has 0 aliphatic carbocycles. The summed E-state index contributed by atoms with van der Waals surface area (Å²) < 4.78 is 0. The third-order valence-corrected chi connectivity index (χ3v) is 4.36. The maximum atomic E-state index is 11.9. The Morgan fingerprint density at radius 2 is 2.14 bits per heavy atom. The largest absolute Gasteiger partial charge is 0.383 e. The Bertz CT molecular complexity index is 594. The van der Waals surface area contributed by atoms with Gasteiger partial charge in [0.25, 0.3) is 0 Å². The van der Waals surface area contributed by atoms with Crippen molar-refractivity contribution >= 4 is 23.1 Å². The van der Waals surface area contributed by atoms with Crippen molar-refractivity contribution in [3.05, 3.63) is 52.2 Å². The number of carbonyl (C=O) groups excluding carboxylic acids is 1. The summed E-state index contributed by atoms with van der Waals surface area (Å²) in [4.78, 5) is 12.7. The third kappa shape index (κ3) is 4.31. The van der Waals surface area contributed by atoms with Gasteiger partial charge in [0.05, 0.1) is 6.54 Å². The van der Waals surface area contributed by atoms with Gasteiger partial charge in [-0.05, 0) is 42.5 Å². The molecule has 1 aromatic heterocycles. The molecule has 0 aliphatic heterocycles. The summed E-state index contributed by atoms with van der Waals surface area (Å²) in [6, 6.07) is 11.1. The second kappa shape index (κ2) is 6.74. The molecule has 2 rings (SSSR count). The molecule has 0 aliphatic rings. The number of amides is 2. The van der Waals surface area contributed by atoms with Gasteiger partial charge in [-0.1, -0.05) is 25.1 Å². The lowest BCUT2D eigenvalue weighted by Crippen LogP contribution is -2.40. The topological polar surface area (TPSA) is 61.4 Å². The van der Waals surface area contributed by atoms with Crippen LogP contribution < -0.4 is 10.6 Å². The van der Waals surface area contributed by atoms with E-state index in [9.17, 15) is 9.90 Å². The molecule has 0 fully saturated rings. The zero-order valence-corrected chi connectivity index (χ0v) is 13.0. The van der Waals surface area contributed by atoms with E-state index in [4.69, 9.17) is 0 Å². The van der Waals surface area contributed by atoms with Crippen LogP contribution in [0.15, 0.2) is 41.8 Å². The van der Waals surface area contributed by atoms with E-state index in [-0.39, 0.29) is 12.6 Å². The van der Waals surface area contributed by atoms with Crippen LogP contribution in [0.4, 0.5) is 10.5 Å². The first-order valence-electron chi connectivity index (χ1n) is 6.91. The molecule has 0 spiro atoms. The maximum Gasteiger partial charge on any atom is 0.319 e. The molecular formula is C16H20N2O2S. The van der Waals surface area contributed by atoms with Crippen LogP contribution in [0.5, 0.6) is 0 Å². The molecule has 0 saturated carbocycles. The van der Waals surface area contributed by atoms with Crippen LogP contribution in [0.25, 0.3) is 0 Å². The first kappa shape index (κ1) is 15.5. The van der Waals surface area contributed by atoms with Gasteiger partial charge < -0.3 is 15.7 Å². The molecule has 2 aromatic rings. The average molecular weight is 304 g/mol. The number of hydrogen-bond donors (Lipinski definition) is 3. The van der Waals surface area contributed by atoms with Crippen molar-refractivity contribution in [2.75, 3.05) is 11.9 Å². The lowest BCUT2D eigenvalue weighted by atomic mass is 10.1. The number of hydrogen-bond acceptors (Lipinski definition) is 3. The van der Waals surface area contributed by atoms with E-state index in [2.05, 4.69) is 17.6 Å². The minimum atomic E-state index is -1.06. The molecular weight excluding hydrogens is 284 g/mol. The number of urea groups is 1. The fourth-order valence-corrected chi connectivity index (χ4v) is 2.76. The molecule has 1 atom stereocenters. The van der Waals surface area contributed by atoms with Crippen LogP contribution in [0, 0.1) is 0 Å². The van der Waals surface area contributed by atoms with E-state index in [1.807, 2.05) is 41.8 Å². The van der Waals surface area contributed by atoms with E-state index in [0.29, 0.717) is 0 Å². The van der Waals surface area contributed by atoms with Crippen molar-refractivity contribution in [2.45, 2.75) is 25.9 Å². The molecule has 1 unspecified atom stereocenters. The SMILES string of the molecule is CCc1cccc(NC(=O)NCC(C)(O)c2cccs2)c1. The molecule has 4 nitrogen and oxygen atoms in total. The van der Waals surface area contributed by atoms with Gasteiger partial charge in [0.2, 0.25) is 0 Å². The van der Waals surface area contributed by atoms with Crippen LogP contribution in [-0.4, -0.2) is 17.7 Å². The van der Waals surface area contributed by atoms with Gasteiger partial charge >= 0.3 is 6.03 Å². The predicted octanol–water partition coefficient (Wildman–Crippen LogP) is 3.34. The lowest BCUT2D eigenvalue weighted by molar-refractivity contribution is 0.0637. The Hall–Kier alpha value is -1.85. The zero-order chi connectivity index (χ0) is 15.3. The predicted molar refractivity (Wildman–Crippen MR) is 86.7 cm³/mol. The Kier molecular flexibility index (Phi) is 4.98. The minimum absolute atomic E-state index is 0.160. The summed E-state index contributed by atoms with van der Waals surface area (Å²) >= 11 is 1.47. The van der Waals surface area contributed by atoms with Crippen LogP contribution in [-0.2, 0) is 12.0 Å². The quantitative estimate of drug-likeness (QED) is 0.793. The zero-order valence-electron chi connectivity index (χ0n) is 12.2. The summed E-state index contributed by atoms with van der Waals surface area (Å²) in [6.45, 7) is 3.92. The summed E-state index contributed by atoms with van der Waals surface area (Å²) in [6.07, 6.45) is 0.921. The highest BCUT2D eigenvalue weighted by atomic mass is 32.1. The van der Waals surface area contributed by atoms with Gasteiger partial charge in [-0.2, -0.15) is 0 Å². The van der Waals surface area contributed by atoms with Gasteiger partial charge in [-0.25, -0.2) is 4.79 Å². The van der Waals surface area contributed by atoms with Crippen LogP contribution >= 0.6 is 11.3 Å². The normalized spacial score (nSPS) is 13.5. The fourth-order valence-electron chi connectivity index (χ4n) is 1.97. The van der Waals surface area contributed by atoms with Crippen molar-refractivity contribution in [2.24, 2.45) is 0 Å². The number of benzene rings is 1. The number of nitrogens with one attached hydrogen (secondary N) is 2. The van der Waals surface area contributed by atoms with Gasteiger partial charge in [0, 0.05) is 10.6 Å². The van der Waals surface area contributed by atoms with Crippen molar-refractivity contribution in [1.29, 1.82) is 0 Å². The van der Waals surface area contributed by atoms with Crippen molar-refractivity contribution < 1.29 is 9.90 Å². The Morgan fingerprint density at radius 1 is 1.33 bits per heavy atom. The second-order valence-electron chi connectivity index (χ2n) is 5.11. The highest BCUT2D eigenvalue weighted by molar-refractivity contribution is 7.10. The summed E-state index contributed by atoms with van der Waals surface area (Å²) in [5.41, 5.74) is 0.859. The van der Waals surface area contributed by atoms with Gasteiger partial charge in [-0.3, -0.25) is 0 Å². The fraction of sp³-hybridized carbons (Fsp3) is 0.312. The first-order chi connectivity index (χ1) is 10.0. The van der Waals surface area contributed by atoms with Crippen LogP contribution in [0.2, 0.25) is 0 Å². The standard InChI is InChI=1S/C16H20N2O2S/c1-3-12-6-4-7-13(10-12)18-15(19)17-11-16(2,20)14-8-5-9-21-14/h4-10,20H,3,11H2,1-2H3,(H2,17,18,19). The number of rotatable bonds is 5. The molecule has 1 heterocycles.